The van der Waals surface area contributed by atoms with Crippen LogP contribution >= 0.6 is 0 Å². The number of likely N-dealkylation sites (tertiary alicyclic amines) is 1. The lowest BCUT2D eigenvalue weighted by atomic mass is 9.88. The van der Waals surface area contributed by atoms with Crippen LogP contribution in [0.4, 0.5) is 8.78 Å². The molecule has 1 fully saturated rings. The van der Waals surface area contributed by atoms with Gasteiger partial charge in [-0.15, -0.1) is 0 Å². The number of nitrogens with zero attached hydrogens (tertiary/aromatic N) is 1. The van der Waals surface area contributed by atoms with Crippen LogP contribution in [0.2, 0.25) is 0 Å². The molecular formula is C15H23F2N3. The van der Waals surface area contributed by atoms with E-state index in [0.29, 0.717) is 6.42 Å². The van der Waals surface area contributed by atoms with Crippen molar-refractivity contribution < 1.29 is 8.78 Å². The Morgan fingerprint density at radius 2 is 1.90 bits per heavy atom. The molecule has 0 radical (unpaired) electrons. The molecule has 0 bridgehead atoms. The van der Waals surface area contributed by atoms with Gasteiger partial charge in [0.1, 0.15) is 0 Å². The van der Waals surface area contributed by atoms with E-state index in [4.69, 9.17) is 5.84 Å². The van der Waals surface area contributed by atoms with E-state index in [-0.39, 0.29) is 11.6 Å². The lowest BCUT2D eigenvalue weighted by Crippen LogP contribution is -2.59. The summed E-state index contributed by atoms with van der Waals surface area (Å²) >= 11 is 0. The minimum Gasteiger partial charge on any atom is -0.297 e. The van der Waals surface area contributed by atoms with E-state index in [2.05, 4.69) is 24.2 Å². The number of rotatable bonds is 5. The van der Waals surface area contributed by atoms with Gasteiger partial charge in [0.15, 0.2) is 11.6 Å². The molecule has 2 rings (SSSR count). The standard InChI is InChI=1S/C15H23F2N3/c1-15(2,20-7-3-4-8-20)14(19-18)10-11-5-6-12(16)13(17)9-11/h5-6,9,14,19H,3-4,7-8,10,18H2,1-2H3. The first-order valence-corrected chi connectivity index (χ1v) is 7.10. The van der Waals surface area contributed by atoms with Crippen molar-refractivity contribution in [2.45, 2.75) is 44.7 Å². The smallest absolute Gasteiger partial charge is 0.159 e. The number of hydrogen-bond acceptors (Lipinski definition) is 3. The molecule has 0 aromatic heterocycles. The number of nitrogens with one attached hydrogen (secondary N) is 1. The van der Waals surface area contributed by atoms with Crippen LogP contribution < -0.4 is 11.3 Å². The Morgan fingerprint density at radius 3 is 2.45 bits per heavy atom. The Balaban J connectivity index is 2.13. The monoisotopic (exact) mass is 283 g/mol. The molecule has 1 aliphatic heterocycles. The number of hydrazine groups is 1. The van der Waals surface area contributed by atoms with Gasteiger partial charge in [0.25, 0.3) is 0 Å². The van der Waals surface area contributed by atoms with Crippen molar-refractivity contribution in [3.8, 4) is 0 Å². The number of hydrogen-bond donors (Lipinski definition) is 2. The molecule has 1 aliphatic rings. The minimum absolute atomic E-state index is 0.0227. The summed E-state index contributed by atoms with van der Waals surface area (Å²) in [6, 6.07) is 4.01. The minimum atomic E-state index is -0.815. The molecular weight excluding hydrogens is 260 g/mol. The predicted octanol–water partition coefficient (Wildman–Crippen LogP) is 2.21. The molecule has 1 aromatic carbocycles. The van der Waals surface area contributed by atoms with Gasteiger partial charge < -0.3 is 0 Å². The topological polar surface area (TPSA) is 41.3 Å². The van der Waals surface area contributed by atoms with Gasteiger partial charge in [-0.1, -0.05) is 6.07 Å². The number of halogens is 2. The Kier molecular flexibility index (Phi) is 4.73. The van der Waals surface area contributed by atoms with Gasteiger partial charge in [-0.05, 0) is 63.9 Å². The molecule has 1 aromatic rings. The highest BCUT2D eigenvalue weighted by Crippen LogP contribution is 2.26. The molecule has 1 atom stereocenters. The van der Waals surface area contributed by atoms with Gasteiger partial charge in [-0.25, -0.2) is 8.78 Å². The van der Waals surface area contributed by atoms with Crippen LogP contribution in [0.15, 0.2) is 18.2 Å². The van der Waals surface area contributed by atoms with Crippen LogP contribution in [0.3, 0.4) is 0 Å². The van der Waals surface area contributed by atoms with Crippen LogP contribution in [0.1, 0.15) is 32.3 Å². The molecule has 0 aliphatic carbocycles. The quantitative estimate of drug-likeness (QED) is 0.643. The highest BCUT2D eigenvalue weighted by atomic mass is 19.2. The molecule has 0 spiro atoms. The third-order valence-corrected chi connectivity index (χ3v) is 4.40. The largest absolute Gasteiger partial charge is 0.297 e. The van der Waals surface area contributed by atoms with E-state index >= 15 is 0 Å². The summed E-state index contributed by atoms with van der Waals surface area (Å²) < 4.78 is 26.3. The SMILES string of the molecule is CC(C)(C(Cc1ccc(F)c(F)c1)NN)N1CCCC1. The summed E-state index contributed by atoms with van der Waals surface area (Å²) in [7, 11) is 0. The second-order valence-electron chi connectivity index (χ2n) is 6.02. The zero-order valence-electron chi connectivity index (χ0n) is 12.1. The summed E-state index contributed by atoms with van der Waals surface area (Å²) in [5.41, 5.74) is 3.46. The van der Waals surface area contributed by atoms with Crippen LogP contribution in [0.25, 0.3) is 0 Å². The molecule has 3 nitrogen and oxygen atoms in total. The normalized spacial score (nSPS) is 18.4. The first-order chi connectivity index (χ1) is 9.45. The molecule has 112 valence electrons. The van der Waals surface area contributed by atoms with Gasteiger partial charge in [0.2, 0.25) is 0 Å². The Morgan fingerprint density at radius 1 is 1.25 bits per heavy atom. The molecule has 3 N–H and O–H groups in total. The van der Waals surface area contributed by atoms with Crippen LogP contribution in [0.5, 0.6) is 0 Å². The maximum atomic E-state index is 13.3. The second-order valence-corrected chi connectivity index (χ2v) is 6.02. The fraction of sp³-hybridized carbons (Fsp3) is 0.600. The fourth-order valence-corrected chi connectivity index (χ4v) is 2.93. The maximum absolute atomic E-state index is 13.3. The highest BCUT2D eigenvalue weighted by molar-refractivity contribution is 5.20. The van der Waals surface area contributed by atoms with Crippen molar-refractivity contribution in [3.05, 3.63) is 35.4 Å². The first-order valence-electron chi connectivity index (χ1n) is 7.10. The van der Waals surface area contributed by atoms with Gasteiger partial charge in [-0.3, -0.25) is 16.2 Å². The van der Waals surface area contributed by atoms with E-state index in [1.54, 1.807) is 6.07 Å². The predicted molar refractivity (Wildman–Crippen MR) is 76.1 cm³/mol. The van der Waals surface area contributed by atoms with E-state index in [1.807, 2.05) is 0 Å². The lowest BCUT2D eigenvalue weighted by Gasteiger charge is -2.42. The van der Waals surface area contributed by atoms with Crippen molar-refractivity contribution in [1.82, 2.24) is 10.3 Å². The Labute approximate surface area is 119 Å². The van der Waals surface area contributed by atoms with Crippen molar-refractivity contribution in [2.24, 2.45) is 5.84 Å². The number of benzene rings is 1. The molecule has 20 heavy (non-hydrogen) atoms. The number of nitrogens with two attached hydrogens (primary N) is 1. The zero-order chi connectivity index (χ0) is 14.8. The highest BCUT2D eigenvalue weighted by Gasteiger charge is 2.36. The summed E-state index contributed by atoms with van der Waals surface area (Å²) in [6.07, 6.45) is 2.97. The average molecular weight is 283 g/mol. The van der Waals surface area contributed by atoms with Gasteiger partial charge in [0.05, 0.1) is 0 Å². The van der Waals surface area contributed by atoms with Crippen molar-refractivity contribution in [2.75, 3.05) is 13.1 Å². The summed E-state index contributed by atoms with van der Waals surface area (Å²) in [4.78, 5) is 2.40. The van der Waals surface area contributed by atoms with Crippen molar-refractivity contribution in [1.29, 1.82) is 0 Å². The van der Waals surface area contributed by atoms with E-state index in [0.717, 1.165) is 18.7 Å². The second kappa shape index (κ2) is 6.16. The maximum Gasteiger partial charge on any atom is 0.159 e. The van der Waals surface area contributed by atoms with Crippen LogP contribution in [-0.4, -0.2) is 29.6 Å². The molecule has 0 saturated carbocycles. The molecule has 1 heterocycles. The molecule has 1 saturated heterocycles. The van der Waals surface area contributed by atoms with Gasteiger partial charge in [0, 0.05) is 11.6 Å². The van der Waals surface area contributed by atoms with Gasteiger partial charge >= 0.3 is 0 Å². The van der Waals surface area contributed by atoms with Crippen LogP contribution in [0, 0.1) is 11.6 Å². The van der Waals surface area contributed by atoms with Crippen molar-refractivity contribution >= 4 is 0 Å². The molecule has 5 heteroatoms. The van der Waals surface area contributed by atoms with E-state index < -0.39 is 11.6 Å². The zero-order valence-corrected chi connectivity index (χ0v) is 12.1. The van der Waals surface area contributed by atoms with E-state index in [9.17, 15) is 8.78 Å². The third-order valence-electron chi connectivity index (χ3n) is 4.40. The molecule has 1 unspecified atom stereocenters. The summed E-state index contributed by atoms with van der Waals surface area (Å²) in [5, 5.41) is 0. The Bertz CT molecular complexity index is 456. The fourth-order valence-electron chi connectivity index (χ4n) is 2.93. The van der Waals surface area contributed by atoms with Gasteiger partial charge in [-0.2, -0.15) is 0 Å². The Hall–Kier alpha value is -1.04. The third kappa shape index (κ3) is 3.16. The summed E-state index contributed by atoms with van der Waals surface area (Å²) in [5.74, 6) is 4.07. The summed E-state index contributed by atoms with van der Waals surface area (Å²) in [6.45, 7) is 6.40. The average Bonchev–Trinajstić information content (AvgIpc) is 2.94. The van der Waals surface area contributed by atoms with Crippen LogP contribution in [-0.2, 0) is 6.42 Å². The van der Waals surface area contributed by atoms with E-state index in [1.165, 1.54) is 25.0 Å². The van der Waals surface area contributed by atoms with Crippen molar-refractivity contribution in [3.63, 3.8) is 0 Å². The lowest BCUT2D eigenvalue weighted by molar-refractivity contribution is 0.106. The molecule has 0 amide bonds. The first kappa shape index (κ1) is 15.4.